The average molecular weight is 189 g/mol. The molecule has 0 saturated carbocycles. The first-order valence-electron chi connectivity index (χ1n) is 3.49. The Hall–Kier alpha value is -0.610. The predicted molar refractivity (Wildman–Crippen MR) is 47.1 cm³/mol. The van der Waals surface area contributed by atoms with E-state index in [1.807, 2.05) is 0 Å². The minimum atomic E-state index is -0.424. The van der Waals surface area contributed by atoms with E-state index in [1.54, 1.807) is 0 Å². The number of nitrogens with one attached hydrogen (secondary N) is 1. The summed E-state index contributed by atoms with van der Waals surface area (Å²) >= 11 is 3.88. The SMILES string of the molecule is Fc1ccc(F)c(CNCS)c1. The molecule has 1 nitrogen and oxygen atoms in total. The molecule has 1 rings (SSSR count). The van der Waals surface area contributed by atoms with Gasteiger partial charge in [-0.2, -0.15) is 12.6 Å². The van der Waals surface area contributed by atoms with Crippen LogP contribution in [0.25, 0.3) is 0 Å². The van der Waals surface area contributed by atoms with Gasteiger partial charge in [0.15, 0.2) is 0 Å². The van der Waals surface area contributed by atoms with Crippen LogP contribution in [0.1, 0.15) is 5.56 Å². The minimum Gasteiger partial charge on any atom is -0.304 e. The first kappa shape index (κ1) is 9.48. The second kappa shape index (κ2) is 4.42. The molecule has 0 heterocycles. The van der Waals surface area contributed by atoms with Crippen molar-refractivity contribution in [3.8, 4) is 0 Å². The molecule has 0 spiro atoms. The number of rotatable bonds is 3. The summed E-state index contributed by atoms with van der Waals surface area (Å²) in [7, 11) is 0. The Morgan fingerprint density at radius 1 is 1.33 bits per heavy atom. The Morgan fingerprint density at radius 3 is 2.75 bits per heavy atom. The Bertz CT molecular complexity index is 265. The van der Waals surface area contributed by atoms with E-state index in [-0.39, 0.29) is 0 Å². The topological polar surface area (TPSA) is 12.0 Å². The Kier molecular flexibility index (Phi) is 3.49. The van der Waals surface area contributed by atoms with Crippen molar-refractivity contribution in [2.24, 2.45) is 0 Å². The summed E-state index contributed by atoms with van der Waals surface area (Å²) in [4.78, 5) is 0. The molecule has 0 aliphatic carbocycles. The summed E-state index contributed by atoms with van der Waals surface area (Å²) in [6.45, 7) is 0.299. The highest BCUT2D eigenvalue weighted by Gasteiger charge is 2.01. The normalized spacial score (nSPS) is 10.2. The minimum absolute atomic E-state index is 0.299. The smallest absolute Gasteiger partial charge is 0.127 e. The van der Waals surface area contributed by atoms with Gasteiger partial charge in [-0.1, -0.05) is 0 Å². The molecule has 12 heavy (non-hydrogen) atoms. The zero-order valence-corrected chi connectivity index (χ0v) is 7.24. The zero-order valence-electron chi connectivity index (χ0n) is 6.35. The fourth-order valence-corrected chi connectivity index (χ4v) is 0.981. The second-order valence-electron chi connectivity index (χ2n) is 2.32. The molecular formula is C8H9F2NS. The number of halogens is 2. The highest BCUT2D eigenvalue weighted by Crippen LogP contribution is 2.08. The van der Waals surface area contributed by atoms with Gasteiger partial charge in [0, 0.05) is 18.0 Å². The standard InChI is InChI=1S/C8H9F2NS/c9-7-1-2-8(10)6(3-7)4-11-5-12/h1-3,11-12H,4-5H2. The van der Waals surface area contributed by atoms with Crippen LogP contribution >= 0.6 is 12.6 Å². The summed E-state index contributed by atoms with van der Waals surface area (Å²) in [5, 5.41) is 2.79. The molecular weight excluding hydrogens is 180 g/mol. The predicted octanol–water partition coefficient (Wildman–Crippen LogP) is 1.94. The van der Waals surface area contributed by atoms with E-state index in [4.69, 9.17) is 0 Å². The fourth-order valence-electron chi connectivity index (χ4n) is 0.869. The lowest BCUT2D eigenvalue weighted by atomic mass is 10.2. The molecule has 1 N–H and O–H groups in total. The molecule has 4 heteroatoms. The van der Waals surface area contributed by atoms with Gasteiger partial charge in [0.05, 0.1) is 0 Å². The molecule has 66 valence electrons. The van der Waals surface area contributed by atoms with Gasteiger partial charge in [-0.25, -0.2) is 8.78 Å². The van der Waals surface area contributed by atoms with Crippen LogP contribution < -0.4 is 5.32 Å². The van der Waals surface area contributed by atoms with Gasteiger partial charge in [0.2, 0.25) is 0 Å². The summed E-state index contributed by atoms with van der Waals surface area (Å²) in [5.74, 6) is -0.381. The molecule has 0 aromatic heterocycles. The summed E-state index contributed by atoms with van der Waals surface area (Å²) in [5.41, 5.74) is 0.323. The van der Waals surface area contributed by atoms with Crippen LogP contribution in [-0.2, 0) is 6.54 Å². The van der Waals surface area contributed by atoms with Crippen molar-refractivity contribution in [2.75, 3.05) is 5.88 Å². The van der Waals surface area contributed by atoms with Crippen LogP contribution in [0, 0.1) is 11.6 Å². The largest absolute Gasteiger partial charge is 0.304 e. The summed E-state index contributed by atoms with van der Waals surface area (Å²) in [6.07, 6.45) is 0. The Labute approximate surface area is 75.2 Å². The van der Waals surface area contributed by atoms with Crippen LogP contribution in [0.2, 0.25) is 0 Å². The van der Waals surface area contributed by atoms with Gasteiger partial charge in [-0.05, 0) is 18.2 Å². The van der Waals surface area contributed by atoms with E-state index in [1.165, 1.54) is 6.07 Å². The molecule has 1 aromatic carbocycles. The number of thiol groups is 1. The quantitative estimate of drug-likeness (QED) is 0.547. The lowest BCUT2D eigenvalue weighted by Crippen LogP contribution is -2.11. The van der Waals surface area contributed by atoms with Gasteiger partial charge in [0.25, 0.3) is 0 Å². The number of benzene rings is 1. The van der Waals surface area contributed by atoms with Gasteiger partial charge in [-0.15, -0.1) is 0 Å². The van der Waals surface area contributed by atoms with Crippen molar-refractivity contribution in [3.05, 3.63) is 35.4 Å². The summed E-state index contributed by atoms with van der Waals surface area (Å²) < 4.78 is 25.4. The third-order valence-electron chi connectivity index (χ3n) is 1.44. The molecule has 0 saturated heterocycles. The monoisotopic (exact) mass is 189 g/mol. The highest BCUT2D eigenvalue weighted by atomic mass is 32.1. The second-order valence-corrected chi connectivity index (χ2v) is 2.64. The number of hydrogen-bond donors (Lipinski definition) is 2. The van der Waals surface area contributed by atoms with Gasteiger partial charge < -0.3 is 5.32 Å². The first-order chi connectivity index (χ1) is 5.74. The molecule has 0 bridgehead atoms. The lowest BCUT2D eigenvalue weighted by Gasteiger charge is -2.02. The highest BCUT2D eigenvalue weighted by molar-refractivity contribution is 7.80. The molecule has 0 aliphatic rings. The van der Waals surface area contributed by atoms with Crippen LogP contribution in [0.3, 0.4) is 0 Å². The molecule has 0 atom stereocenters. The van der Waals surface area contributed by atoms with Crippen LogP contribution in [0.4, 0.5) is 8.78 Å². The molecule has 0 unspecified atom stereocenters. The van der Waals surface area contributed by atoms with Gasteiger partial charge >= 0.3 is 0 Å². The van der Waals surface area contributed by atoms with E-state index in [2.05, 4.69) is 17.9 Å². The van der Waals surface area contributed by atoms with Gasteiger partial charge in [-0.3, -0.25) is 0 Å². The fraction of sp³-hybridized carbons (Fsp3) is 0.250. The van der Waals surface area contributed by atoms with Crippen molar-refractivity contribution < 1.29 is 8.78 Å². The van der Waals surface area contributed by atoms with Crippen LogP contribution in [-0.4, -0.2) is 5.88 Å². The van der Waals surface area contributed by atoms with Crippen molar-refractivity contribution in [1.82, 2.24) is 5.32 Å². The molecule has 0 fully saturated rings. The van der Waals surface area contributed by atoms with E-state index >= 15 is 0 Å². The molecule has 0 amide bonds. The van der Waals surface area contributed by atoms with E-state index in [0.29, 0.717) is 18.0 Å². The van der Waals surface area contributed by atoms with Crippen LogP contribution in [0.5, 0.6) is 0 Å². The third-order valence-corrected chi connectivity index (χ3v) is 1.66. The van der Waals surface area contributed by atoms with E-state index in [9.17, 15) is 8.78 Å². The molecule has 0 radical (unpaired) electrons. The van der Waals surface area contributed by atoms with Crippen molar-refractivity contribution in [1.29, 1.82) is 0 Å². The number of hydrogen-bond acceptors (Lipinski definition) is 2. The first-order valence-corrected chi connectivity index (χ1v) is 4.13. The van der Waals surface area contributed by atoms with Crippen molar-refractivity contribution >= 4 is 12.6 Å². The Balaban J connectivity index is 2.75. The maximum Gasteiger partial charge on any atom is 0.127 e. The van der Waals surface area contributed by atoms with E-state index < -0.39 is 11.6 Å². The maximum atomic E-state index is 12.9. The third kappa shape index (κ3) is 2.46. The Morgan fingerprint density at radius 2 is 2.08 bits per heavy atom. The van der Waals surface area contributed by atoms with Gasteiger partial charge in [0.1, 0.15) is 11.6 Å². The van der Waals surface area contributed by atoms with Crippen molar-refractivity contribution in [3.63, 3.8) is 0 Å². The maximum absolute atomic E-state index is 12.9. The van der Waals surface area contributed by atoms with Crippen LogP contribution in [0.15, 0.2) is 18.2 Å². The zero-order chi connectivity index (χ0) is 8.97. The molecule has 0 aliphatic heterocycles. The van der Waals surface area contributed by atoms with Crippen molar-refractivity contribution in [2.45, 2.75) is 6.54 Å². The lowest BCUT2D eigenvalue weighted by molar-refractivity contribution is 0.577. The molecule has 1 aromatic rings. The summed E-state index contributed by atoms with van der Waals surface area (Å²) in [6, 6.07) is 3.39. The average Bonchev–Trinajstić information content (AvgIpc) is 2.07. The van der Waals surface area contributed by atoms with E-state index in [0.717, 1.165) is 12.1 Å².